The summed E-state index contributed by atoms with van der Waals surface area (Å²) in [5, 5.41) is 4.64. The van der Waals surface area contributed by atoms with E-state index < -0.39 is 0 Å². The molecule has 0 radical (unpaired) electrons. The number of rotatable bonds is 5. The molecule has 0 aliphatic carbocycles. The van der Waals surface area contributed by atoms with Gasteiger partial charge in [0.1, 0.15) is 18.0 Å². The van der Waals surface area contributed by atoms with Crippen molar-refractivity contribution in [3.63, 3.8) is 0 Å². The molecule has 24 heavy (non-hydrogen) atoms. The van der Waals surface area contributed by atoms with Crippen LogP contribution in [0.2, 0.25) is 0 Å². The molecule has 2 aromatic heterocycles. The molecule has 3 heterocycles. The highest BCUT2D eigenvalue weighted by Gasteiger charge is 2.12. The quantitative estimate of drug-likeness (QED) is 0.755. The van der Waals surface area contributed by atoms with Crippen molar-refractivity contribution in [3.05, 3.63) is 48.4 Å². The highest BCUT2D eigenvalue weighted by Crippen LogP contribution is 2.17. The van der Waals surface area contributed by atoms with Crippen molar-refractivity contribution in [3.8, 4) is 0 Å². The number of aromatic nitrogens is 3. The molecule has 6 heteroatoms. The zero-order valence-corrected chi connectivity index (χ0v) is 13.5. The fourth-order valence-corrected chi connectivity index (χ4v) is 3.00. The van der Waals surface area contributed by atoms with Gasteiger partial charge in [0.15, 0.2) is 0 Å². The Bertz CT molecular complexity index is 777. The molecule has 0 saturated carbocycles. The van der Waals surface area contributed by atoms with Crippen LogP contribution >= 0.6 is 0 Å². The smallest absolute Gasteiger partial charge is 0.134 e. The molecule has 0 bridgehead atoms. The van der Waals surface area contributed by atoms with Gasteiger partial charge >= 0.3 is 0 Å². The van der Waals surface area contributed by atoms with Gasteiger partial charge in [-0.15, -0.1) is 0 Å². The Hall–Kier alpha value is -2.60. The number of nitrogens with one attached hydrogen (secondary N) is 2. The third-order valence-electron chi connectivity index (χ3n) is 4.27. The Morgan fingerprint density at radius 2 is 2.00 bits per heavy atom. The van der Waals surface area contributed by atoms with Crippen LogP contribution in [0.3, 0.4) is 0 Å². The van der Waals surface area contributed by atoms with Crippen LogP contribution in [-0.4, -0.2) is 47.8 Å². The van der Waals surface area contributed by atoms with Crippen molar-refractivity contribution < 1.29 is 4.74 Å². The number of hydrogen-bond donors (Lipinski definition) is 2. The second kappa shape index (κ2) is 6.88. The summed E-state index contributed by atoms with van der Waals surface area (Å²) in [5.74, 6) is 1.82. The molecule has 6 nitrogen and oxygen atoms in total. The molecule has 2 N–H and O–H groups in total. The van der Waals surface area contributed by atoms with E-state index in [0.29, 0.717) is 0 Å². The molecule has 0 unspecified atom stereocenters. The molecule has 1 fully saturated rings. The minimum absolute atomic E-state index is 0.757. The van der Waals surface area contributed by atoms with Gasteiger partial charge in [0.25, 0.3) is 0 Å². The average Bonchev–Trinajstić information content (AvgIpc) is 3.05. The van der Waals surface area contributed by atoms with E-state index in [1.807, 2.05) is 6.07 Å². The minimum Gasteiger partial charge on any atom is -0.378 e. The molecule has 1 aliphatic heterocycles. The first-order chi connectivity index (χ1) is 11.9. The standard InChI is InChI=1S/C18H21N5O/c1-2-4-16-14(3-1)11-15(22-16)5-6-19-17-12-18(21-13-20-17)23-7-9-24-10-8-23/h1-4,11-13,22H,5-10H2,(H,19,20,21). The van der Waals surface area contributed by atoms with Gasteiger partial charge in [0, 0.05) is 43.3 Å². The van der Waals surface area contributed by atoms with E-state index >= 15 is 0 Å². The number of ether oxygens (including phenoxy) is 1. The van der Waals surface area contributed by atoms with E-state index in [1.54, 1.807) is 6.33 Å². The first-order valence-electron chi connectivity index (χ1n) is 8.34. The van der Waals surface area contributed by atoms with E-state index in [1.165, 1.54) is 16.6 Å². The van der Waals surface area contributed by atoms with Crippen molar-refractivity contribution in [1.82, 2.24) is 15.0 Å². The summed E-state index contributed by atoms with van der Waals surface area (Å²) >= 11 is 0. The Morgan fingerprint density at radius 3 is 2.88 bits per heavy atom. The molecule has 0 atom stereocenters. The Balaban J connectivity index is 1.37. The van der Waals surface area contributed by atoms with Gasteiger partial charge < -0.3 is 19.9 Å². The summed E-state index contributed by atoms with van der Waals surface area (Å²) in [5.41, 5.74) is 2.41. The van der Waals surface area contributed by atoms with Gasteiger partial charge in [-0.2, -0.15) is 0 Å². The van der Waals surface area contributed by atoms with Gasteiger partial charge in [-0.05, 0) is 17.5 Å². The zero-order chi connectivity index (χ0) is 16.2. The molecule has 1 aliphatic rings. The summed E-state index contributed by atoms with van der Waals surface area (Å²) in [4.78, 5) is 14.4. The first kappa shape index (κ1) is 15.0. The van der Waals surface area contributed by atoms with Gasteiger partial charge in [-0.1, -0.05) is 18.2 Å². The minimum atomic E-state index is 0.757. The largest absolute Gasteiger partial charge is 0.378 e. The summed E-state index contributed by atoms with van der Waals surface area (Å²) < 4.78 is 5.39. The highest BCUT2D eigenvalue weighted by molar-refractivity contribution is 5.80. The fourth-order valence-electron chi connectivity index (χ4n) is 3.00. The monoisotopic (exact) mass is 323 g/mol. The van der Waals surface area contributed by atoms with Crippen molar-refractivity contribution in [1.29, 1.82) is 0 Å². The lowest BCUT2D eigenvalue weighted by molar-refractivity contribution is 0.122. The number of anilines is 2. The first-order valence-corrected chi connectivity index (χ1v) is 8.34. The lowest BCUT2D eigenvalue weighted by atomic mass is 10.2. The third-order valence-corrected chi connectivity index (χ3v) is 4.27. The molecule has 0 spiro atoms. The number of fused-ring (bicyclic) bond motifs is 1. The lowest BCUT2D eigenvalue weighted by Gasteiger charge is -2.27. The normalized spacial score (nSPS) is 14.9. The topological polar surface area (TPSA) is 66.1 Å². The van der Waals surface area contributed by atoms with Crippen LogP contribution in [0, 0.1) is 0 Å². The van der Waals surface area contributed by atoms with E-state index in [9.17, 15) is 0 Å². The van der Waals surface area contributed by atoms with E-state index in [0.717, 1.165) is 50.9 Å². The zero-order valence-electron chi connectivity index (χ0n) is 13.5. The number of morpholine rings is 1. The van der Waals surface area contributed by atoms with Crippen LogP contribution in [-0.2, 0) is 11.2 Å². The maximum atomic E-state index is 5.39. The third kappa shape index (κ3) is 3.33. The van der Waals surface area contributed by atoms with Crippen LogP contribution in [0.25, 0.3) is 10.9 Å². The number of H-pyrrole nitrogens is 1. The van der Waals surface area contributed by atoms with Gasteiger partial charge in [-0.3, -0.25) is 0 Å². The van der Waals surface area contributed by atoms with Crippen LogP contribution in [0.5, 0.6) is 0 Å². The maximum Gasteiger partial charge on any atom is 0.134 e. The fraction of sp³-hybridized carbons (Fsp3) is 0.333. The number of para-hydroxylation sites is 1. The second-order valence-corrected chi connectivity index (χ2v) is 5.92. The predicted molar refractivity (Wildman–Crippen MR) is 95.6 cm³/mol. The van der Waals surface area contributed by atoms with Gasteiger partial charge in [0.2, 0.25) is 0 Å². The molecule has 1 saturated heterocycles. The van der Waals surface area contributed by atoms with E-state index in [2.05, 4.69) is 55.5 Å². The number of nitrogens with zero attached hydrogens (tertiary/aromatic N) is 3. The van der Waals surface area contributed by atoms with Crippen molar-refractivity contribution in [2.75, 3.05) is 43.1 Å². The summed E-state index contributed by atoms with van der Waals surface area (Å²) in [6, 6.07) is 12.6. The second-order valence-electron chi connectivity index (χ2n) is 5.92. The van der Waals surface area contributed by atoms with Crippen LogP contribution < -0.4 is 10.2 Å². The Morgan fingerprint density at radius 1 is 1.12 bits per heavy atom. The van der Waals surface area contributed by atoms with Crippen molar-refractivity contribution >= 4 is 22.5 Å². The van der Waals surface area contributed by atoms with Crippen LogP contribution in [0.4, 0.5) is 11.6 Å². The number of hydrogen-bond acceptors (Lipinski definition) is 5. The van der Waals surface area contributed by atoms with E-state index in [-0.39, 0.29) is 0 Å². The predicted octanol–water partition coefficient (Wildman–Crippen LogP) is 2.45. The summed E-state index contributed by atoms with van der Waals surface area (Å²) in [6.45, 7) is 4.10. The molecule has 4 rings (SSSR count). The van der Waals surface area contributed by atoms with Crippen molar-refractivity contribution in [2.24, 2.45) is 0 Å². The Kier molecular flexibility index (Phi) is 4.29. The molecule has 0 amide bonds. The molecule has 1 aromatic carbocycles. The lowest BCUT2D eigenvalue weighted by Crippen LogP contribution is -2.36. The molecular weight excluding hydrogens is 302 g/mol. The maximum absolute atomic E-state index is 5.39. The van der Waals surface area contributed by atoms with Crippen LogP contribution in [0.1, 0.15) is 5.69 Å². The van der Waals surface area contributed by atoms with Crippen molar-refractivity contribution in [2.45, 2.75) is 6.42 Å². The van der Waals surface area contributed by atoms with E-state index in [4.69, 9.17) is 4.74 Å². The number of benzene rings is 1. The Labute approximate surface area is 140 Å². The number of aromatic amines is 1. The summed E-state index contributed by atoms with van der Waals surface area (Å²) in [7, 11) is 0. The SMILES string of the molecule is c1ccc2[nH]c(CCNc3cc(N4CCOCC4)ncn3)cc2c1. The van der Waals surface area contributed by atoms with Gasteiger partial charge in [0.05, 0.1) is 13.2 Å². The van der Waals surface area contributed by atoms with Gasteiger partial charge in [-0.25, -0.2) is 9.97 Å². The molecule has 3 aromatic rings. The highest BCUT2D eigenvalue weighted by atomic mass is 16.5. The molecule has 124 valence electrons. The van der Waals surface area contributed by atoms with Crippen LogP contribution in [0.15, 0.2) is 42.7 Å². The molecular formula is C18H21N5O. The summed E-state index contributed by atoms with van der Waals surface area (Å²) in [6.07, 6.45) is 2.54. The average molecular weight is 323 g/mol.